The summed E-state index contributed by atoms with van der Waals surface area (Å²) in [6, 6.07) is 24.9. The van der Waals surface area contributed by atoms with Crippen LogP contribution in [0.3, 0.4) is 0 Å². The van der Waals surface area contributed by atoms with Gasteiger partial charge in [-0.25, -0.2) is 4.79 Å². The zero-order valence-corrected chi connectivity index (χ0v) is 15.3. The van der Waals surface area contributed by atoms with E-state index in [2.05, 4.69) is 17.4 Å². The molecule has 0 radical (unpaired) electrons. The highest BCUT2D eigenvalue weighted by atomic mass is 16.6. The van der Waals surface area contributed by atoms with Gasteiger partial charge in [-0.05, 0) is 47.9 Å². The first-order chi connectivity index (χ1) is 13.7. The Bertz CT molecular complexity index is 984. The lowest BCUT2D eigenvalue weighted by atomic mass is 10.0. The van der Waals surface area contributed by atoms with E-state index in [4.69, 9.17) is 4.74 Å². The molecule has 1 aliphatic heterocycles. The molecule has 0 atom stereocenters. The van der Waals surface area contributed by atoms with Crippen LogP contribution in [-0.2, 0) is 11.2 Å². The summed E-state index contributed by atoms with van der Waals surface area (Å²) in [6.45, 7) is 0.913. The summed E-state index contributed by atoms with van der Waals surface area (Å²) in [4.78, 5) is 25.9. The quantitative estimate of drug-likeness (QED) is 0.718. The Hall–Kier alpha value is -3.60. The lowest BCUT2D eigenvalue weighted by Gasteiger charge is -2.14. The first-order valence-electron chi connectivity index (χ1n) is 9.18. The van der Waals surface area contributed by atoms with Crippen molar-refractivity contribution in [2.24, 2.45) is 0 Å². The number of hydrogen-bond acceptors (Lipinski definition) is 3. The van der Waals surface area contributed by atoms with E-state index >= 15 is 0 Å². The maximum atomic E-state index is 12.7. The number of carbonyl (C=O) groups is 2. The number of cyclic esters (lactones) is 1. The summed E-state index contributed by atoms with van der Waals surface area (Å²) in [7, 11) is 0. The van der Waals surface area contributed by atoms with E-state index in [1.54, 1.807) is 29.2 Å². The number of nitrogens with one attached hydrogen (secondary N) is 1. The summed E-state index contributed by atoms with van der Waals surface area (Å²) in [6.07, 6.45) is 0.389. The minimum atomic E-state index is -0.355. The minimum Gasteiger partial charge on any atom is -0.447 e. The number of amides is 2. The topological polar surface area (TPSA) is 58.6 Å². The van der Waals surface area contributed by atoms with Gasteiger partial charge in [0.05, 0.1) is 6.54 Å². The van der Waals surface area contributed by atoms with E-state index in [1.807, 2.05) is 42.5 Å². The Morgan fingerprint density at radius 3 is 2.36 bits per heavy atom. The van der Waals surface area contributed by atoms with Crippen LogP contribution >= 0.6 is 0 Å². The number of para-hydroxylation sites is 1. The molecule has 0 saturated carbocycles. The van der Waals surface area contributed by atoms with Crippen molar-refractivity contribution in [3.8, 4) is 0 Å². The molecule has 3 aromatic rings. The van der Waals surface area contributed by atoms with Crippen molar-refractivity contribution in [2.75, 3.05) is 23.4 Å². The van der Waals surface area contributed by atoms with Gasteiger partial charge in [-0.2, -0.15) is 0 Å². The summed E-state index contributed by atoms with van der Waals surface area (Å²) in [5.74, 6) is -0.184. The van der Waals surface area contributed by atoms with E-state index in [0.29, 0.717) is 18.7 Å². The van der Waals surface area contributed by atoms with E-state index in [9.17, 15) is 9.59 Å². The number of benzene rings is 3. The summed E-state index contributed by atoms with van der Waals surface area (Å²) in [5, 5.41) is 3.00. The van der Waals surface area contributed by atoms with E-state index in [-0.39, 0.29) is 12.0 Å². The Labute approximate surface area is 163 Å². The second-order valence-electron chi connectivity index (χ2n) is 6.59. The van der Waals surface area contributed by atoms with E-state index in [1.165, 1.54) is 5.56 Å². The van der Waals surface area contributed by atoms with Gasteiger partial charge in [0.1, 0.15) is 6.61 Å². The van der Waals surface area contributed by atoms with Gasteiger partial charge in [0.15, 0.2) is 0 Å². The molecule has 2 amide bonds. The van der Waals surface area contributed by atoms with Gasteiger partial charge in [0.2, 0.25) is 0 Å². The Kier molecular flexibility index (Phi) is 5.06. The Balaban J connectivity index is 1.49. The van der Waals surface area contributed by atoms with Crippen molar-refractivity contribution in [3.63, 3.8) is 0 Å². The number of hydrogen-bond donors (Lipinski definition) is 1. The first kappa shape index (κ1) is 17.8. The van der Waals surface area contributed by atoms with E-state index < -0.39 is 0 Å². The lowest BCUT2D eigenvalue weighted by Crippen LogP contribution is -2.23. The van der Waals surface area contributed by atoms with Crippen LogP contribution in [0.2, 0.25) is 0 Å². The maximum absolute atomic E-state index is 12.7. The van der Waals surface area contributed by atoms with Crippen molar-refractivity contribution >= 4 is 23.4 Å². The highest BCUT2D eigenvalue weighted by molar-refractivity contribution is 6.05. The molecule has 0 aliphatic carbocycles. The van der Waals surface area contributed by atoms with Crippen LogP contribution in [0.15, 0.2) is 78.9 Å². The maximum Gasteiger partial charge on any atom is 0.414 e. The fraction of sp³-hybridized carbons (Fsp3) is 0.130. The molecule has 4 rings (SSSR count). The van der Waals surface area contributed by atoms with Gasteiger partial charge in [0, 0.05) is 16.9 Å². The molecule has 1 fully saturated rings. The molecule has 1 aliphatic rings. The third-order valence-corrected chi connectivity index (χ3v) is 4.70. The second kappa shape index (κ2) is 7.96. The van der Waals surface area contributed by atoms with Crippen molar-refractivity contribution in [3.05, 3.63) is 95.6 Å². The van der Waals surface area contributed by atoms with Gasteiger partial charge in [-0.15, -0.1) is 0 Å². The predicted octanol–water partition coefficient (Wildman–Crippen LogP) is 4.49. The van der Waals surface area contributed by atoms with Gasteiger partial charge in [-0.3, -0.25) is 9.69 Å². The zero-order valence-electron chi connectivity index (χ0n) is 15.3. The fourth-order valence-electron chi connectivity index (χ4n) is 3.23. The van der Waals surface area contributed by atoms with Gasteiger partial charge < -0.3 is 10.1 Å². The summed E-state index contributed by atoms with van der Waals surface area (Å²) >= 11 is 0. The largest absolute Gasteiger partial charge is 0.447 e. The standard InChI is InChI=1S/C23H20N2O3/c26-22(18-10-12-20(13-11-18)25-14-15-28-23(25)27)24-21-9-5-4-8-19(21)16-17-6-2-1-3-7-17/h1-13H,14-16H2,(H,24,26). The molecule has 1 N–H and O–H groups in total. The van der Waals surface area contributed by atoms with Gasteiger partial charge in [0.25, 0.3) is 5.91 Å². The SMILES string of the molecule is O=C(Nc1ccccc1Cc1ccccc1)c1ccc(N2CCOC2=O)cc1. The molecule has 0 unspecified atom stereocenters. The molecule has 0 spiro atoms. The van der Waals surface area contributed by atoms with Crippen molar-refractivity contribution in [1.82, 2.24) is 0 Å². The number of rotatable bonds is 5. The van der Waals surface area contributed by atoms with Gasteiger partial charge in [-0.1, -0.05) is 48.5 Å². The predicted molar refractivity (Wildman–Crippen MR) is 109 cm³/mol. The minimum absolute atomic E-state index is 0.184. The molecule has 0 bridgehead atoms. The molecular weight excluding hydrogens is 352 g/mol. The van der Waals surface area contributed by atoms with Crippen LogP contribution in [0, 0.1) is 0 Å². The number of ether oxygens (including phenoxy) is 1. The lowest BCUT2D eigenvalue weighted by molar-refractivity contribution is 0.102. The summed E-state index contributed by atoms with van der Waals surface area (Å²) in [5.41, 5.74) is 4.29. The van der Waals surface area contributed by atoms with Crippen LogP contribution in [0.4, 0.5) is 16.2 Å². The molecule has 1 saturated heterocycles. The third-order valence-electron chi connectivity index (χ3n) is 4.70. The molecule has 5 nitrogen and oxygen atoms in total. The first-order valence-corrected chi connectivity index (χ1v) is 9.18. The van der Waals surface area contributed by atoms with Gasteiger partial charge >= 0.3 is 6.09 Å². The van der Waals surface area contributed by atoms with Crippen molar-refractivity contribution in [2.45, 2.75) is 6.42 Å². The average Bonchev–Trinajstić information content (AvgIpc) is 3.16. The van der Waals surface area contributed by atoms with Crippen LogP contribution in [-0.4, -0.2) is 25.2 Å². The molecule has 1 heterocycles. The fourth-order valence-corrected chi connectivity index (χ4v) is 3.23. The molecule has 0 aromatic heterocycles. The molecule has 5 heteroatoms. The smallest absolute Gasteiger partial charge is 0.414 e. The molecule has 140 valence electrons. The van der Waals surface area contributed by atoms with Crippen LogP contribution in [0.1, 0.15) is 21.5 Å². The molecule has 28 heavy (non-hydrogen) atoms. The zero-order chi connectivity index (χ0) is 19.3. The molecular formula is C23H20N2O3. The van der Waals surface area contributed by atoms with Crippen molar-refractivity contribution < 1.29 is 14.3 Å². The highest BCUT2D eigenvalue weighted by Gasteiger charge is 2.23. The highest BCUT2D eigenvalue weighted by Crippen LogP contribution is 2.22. The van der Waals surface area contributed by atoms with Crippen LogP contribution in [0.25, 0.3) is 0 Å². The van der Waals surface area contributed by atoms with Crippen LogP contribution in [0.5, 0.6) is 0 Å². The molecule has 3 aromatic carbocycles. The Morgan fingerprint density at radius 1 is 0.929 bits per heavy atom. The van der Waals surface area contributed by atoms with Crippen molar-refractivity contribution in [1.29, 1.82) is 0 Å². The van der Waals surface area contributed by atoms with Crippen LogP contribution < -0.4 is 10.2 Å². The average molecular weight is 372 g/mol. The normalized spacial score (nSPS) is 13.3. The monoisotopic (exact) mass is 372 g/mol. The summed E-state index contributed by atoms with van der Waals surface area (Å²) < 4.78 is 4.95. The van der Waals surface area contributed by atoms with E-state index in [0.717, 1.165) is 23.4 Å². The Morgan fingerprint density at radius 2 is 1.64 bits per heavy atom. The number of nitrogens with zero attached hydrogens (tertiary/aromatic N) is 1. The number of anilines is 2. The third kappa shape index (κ3) is 3.88. The number of carbonyl (C=O) groups excluding carboxylic acids is 2. The second-order valence-corrected chi connectivity index (χ2v) is 6.59.